The highest BCUT2D eigenvalue weighted by Crippen LogP contribution is 2.43. The number of likely N-dealkylation sites (tertiary alicyclic amines) is 1. The van der Waals surface area contributed by atoms with E-state index in [2.05, 4.69) is 4.98 Å². The minimum absolute atomic E-state index is 0.427. The molecule has 0 bridgehead atoms. The lowest BCUT2D eigenvalue weighted by molar-refractivity contribution is -0.00243. The molecule has 6 nitrogen and oxygen atoms in total. The molecule has 0 radical (unpaired) electrons. The quantitative estimate of drug-likeness (QED) is 0.535. The van der Waals surface area contributed by atoms with Crippen LogP contribution < -0.4 is 5.46 Å². The fourth-order valence-electron chi connectivity index (χ4n) is 3.91. The van der Waals surface area contributed by atoms with E-state index < -0.39 is 54.9 Å². The fraction of sp³-hybridized carbons (Fsp3) is 0.583. The van der Waals surface area contributed by atoms with Crippen LogP contribution in [-0.2, 0) is 14.0 Å². The van der Waals surface area contributed by atoms with Crippen molar-refractivity contribution in [2.45, 2.75) is 83.7 Å². The Morgan fingerprint density at radius 3 is 2.29 bits per heavy atom. The number of rotatable bonds is 3. The van der Waals surface area contributed by atoms with Crippen molar-refractivity contribution in [3.05, 3.63) is 34.7 Å². The number of ether oxygens (including phenoxy) is 1. The first-order valence-electron chi connectivity index (χ1n) is 11.4. The Balaban J connectivity index is 1.52. The molecule has 1 atom stereocenters. The molecule has 184 valence electrons. The number of hydrogen-bond acceptors (Lipinski definition) is 6. The van der Waals surface area contributed by atoms with Crippen molar-refractivity contribution < 1.29 is 27.6 Å². The Kier molecular flexibility index (Phi) is 6.10. The molecule has 3 heterocycles. The van der Waals surface area contributed by atoms with Crippen LogP contribution in [-0.4, -0.2) is 52.4 Å². The molecule has 0 spiro atoms. The van der Waals surface area contributed by atoms with Crippen molar-refractivity contribution in [2.75, 3.05) is 6.54 Å². The number of benzene rings is 1. The molecule has 4 rings (SSSR count). The van der Waals surface area contributed by atoms with Gasteiger partial charge in [-0.3, -0.25) is 4.90 Å². The van der Waals surface area contributed by atoms with E-state index in [0.717, 1.165) is 15.9 Å². The molecule has 2 saturated heterocycles. The van der Waals surface area contributed by atoms with E-state index >= 15 is 0 Å². The summed E-state index contributed by atoms with van der Waals surface area (Å²) in [4.78, 5) is 18.3. The van der Waals surface area contributed by atoms with Gasteiger partial charge in [0.25, 0.3) is 5.92 Å². The number of thiazole rings is 1. The largest absolute Gasteiger partial charge is 0.494 e. The molecule has 0 N–H and O–H groups in total. The summed E-state index contributed by atoms with van der Waals surface area (Å²) in [5.74, 6) is -2.99. The van der Waals surface area contributed by atoms with Crippen LogP contribution in [0.1, 0.15) is 65.9 Å². The standard InChI is InChI=1S/C24H31BF2N2O4S/c1-21(2,3)31-20(30)29-14-24(26,27)12-18(29)19-28-17(13-34-19)15-8-10-16(11-9-15)25-32-22(4,5)23(6,7)33-25/h8-11,13,18H,12,14H2,1-7H3/t18-/m0/s1. The van der Waals surface area contributed by atoms with Crippen LogP contribution in [0.3, 0.4) is 0 Å². The number of aromatic nitrogens is 1. The summed E-state index contributed by atoms with van der Waals surface area (Å²) in [7, 11) is -0.465. The molecule has 2 fully saturated rings. The summed E-state index contributed by atoms with van der Waals surface area (Å²) in [6.45, 7) is 12.5. The minimum Gasteiger partial charge on any atom is -0.444 e. The Bertz CT molecular complexity index is 1050. The zero-order valence-electron chi connectivity index (χ0n) is 20.6. The van der Waals surface area contributed by atoms with E-state index in [1.54, 1.807) is 20.8 Å². The van der Waals surface area contributed by atoms with Crippen LogP contribution in [0.5, 0.6) is 0 Å². The molecule has 1 aromatic carbocycles. The third-order valence-corrected chi connectivity index (χ3v) is 7.38. The van der Waals surface area contributed by atoms with Crippen molar-refractivity contribution in [1.82, 2.24) is 9.88 Å². The topological polar surface area (TPSA) is 60.9 Å². The van der Waals surface area contributed by atoms with E-state index in [-0.39, 0.29) is 0 Å². The average molecular weight is 492 g/mol. The fourth-order valence-corrected chi connectivity index (χ4v) is 4.85. The lowest BCUT2D eigenvalue weighted by atomic mass is 9.79. The second-order valence-corrected chi connectivity index (χ2v) is 11.9. The Labute approximate surface area is 203 Å². The van der Waals surface area contributed by atoms with E-state index in [1.165, 1.54) is 11.3 Å². The lowest BCUT2D eigenvalue weighted by Gasteiger charge is -2.32. The Hall–Kier alpha value is -2.04. The van der Waals surface area contributed by atoms with Gasteiger partial charge in [-0.15, -0.1) is 11.3 Å². The van der Waals surface area contributed by atoms with Crippen molar-refractivity contribution >= 4 is 30.0 Å². The molecule has 0 aliphatic carbocycles. The first kappa shape index (κ1) is 25.1. The van der Waals surface area contributed by atoms with E-state index in [1.807, 2.05) is 57.3 Å². The highest BCUT2D eigenvalue weighted by atomic mass is 32.1. The summed E-state index contributed by atoms with van der Waals surface area (Å²) < 4.78 is 46.1. The Morgan fingerprint density at radius 1 is 1.15 bits per heavy atom. The van der Waals surface area contributed by atoms with Gasteiger partial charge in [0.2, 0.25) is 0 Å². The maximum absolute atomic E-state index is 14.3. The van der Waals surface area contributed by atoms with Gasteiger partial charge in [0.1, 0.15) is 10.6 Å². The maximum Gasteiger partial charge on any atom is 0.494 e. The van der Waals surface area contributed by atoms with Crippen LogP contribution in [0.25, 0.3) is 11.3 Å². The SMILES string of the molecule is CC(C)(C)OC(=O)N1CC(F)(F)C[C@H]1c1nc(-c2ccc(B3OC(C)(C)C(C)(C)O3)cc2)cs1. The first-order chi connectivity index (χ1) is 15.6. The molecule has 0 saturated carbocycles. The molecule has 2 aliphatic heterocycles. The summed E-state index contributed by atoms with van der Waals surface area (Å²) in [6.07, 6.45) is -1.22. The smallest absolute Gasteiger partial charge is 0.444 e. The van der Waals surface area contributed by atoms with Gasteiger partial charge in [0.15, 0.2) is 0 Å². The summed E-state index contributed by atoms with van der Waals surface area (Å²) in [6, 6.07) is 6.84. The molecular weight excluding hydrogens is 461 g/mol. The molecule has 1 amide bonds. The summed E-state index contributed by atoms with van der Waals surface area (Å²) in [5.41, 5.74) is 0.778. The normalized spacial score (nSPS) is 23.4. The molecule has 10 heteroatoms. The van der Waals surface area contributed by atoms with Crippen LogP contribution in [0.2, 0.25) is 0 Å². The number of hydrogen-bond donors (Lipinski definition) is 0. The number of nitrogens with zero attached hydrogens (tertiary/aromatic N) is 2. The third kappa shape index (κ3) is 4.99. The van der Waals surface area contributed by atoms with Crippen LogP contribution in [0, 0.1) is 0 Å². The predicted molar refractivity (Wildman–Crippen MR) is 129 cm³/mol. The monoisotopic (exact) mass is 492 g/mol. The number of halogens is 2. The number of alkyl halides is 2. The molecule has 0 unspecified atom stereocenters. The van der Waals surface area contributed by atoms with E-state index in [4.69, 9.17) is 14.0 Å². The maximum atomic E-state index is 14.3. The second kappa shape index (κ2) is 8.27. The average Bonchev–Trinajstić information content (AvgIpc) is 3.35. The van der Waals surface area contributed by atoms with Crippen molar-refractivity contribution in [3.8, 4) is 11.3 Å². The highest BCUT2D eigenvalue weighted by Gasteiger charge is 2.52. The molecule has 2 aromatic rings. The van der Waals surface area contributed by atoms with Gasteiger partial charge in [0, 0.05) is 17.4 Å². The molecule has 1 aromatic heterocycles. The van der Waals surface area contributed by atoms with Crippen LogP contribution in [0.4, 0.5) is 13.6 Å². The second-order valence-electron chi connectivity index (χ2n) is 11.0. The van der Waals surface area contributed by atoms with Gasteiger partial charge in [0.05, 0.1) is 29.5 Å². The molecular formula is C24H31BF2N2O4S. The zero-order chi connectivity index (χ0) is 25.1. The number of carbonyl (C=O) groups is 1. The van der Waals surface area contributed by atoms with E-state index in [9.17, 15) is 13.6 Å². The van der Waals surface area contributed by atoms with Crippen molar-refractivity contribution in [1.29, 1.82) is 0 Å². The third-order valence-electron chi connectivity index (χ3n) is 6.44. The van der Waals surface area contributed by atoms with Crippen molar-refractivity contribution in [2.24, 2.45) is 0 Å². The summed E-state index contributed by atoms with van der Waals surface area (Å²) >= 11 is 1.27. The van der Waals surface area contributed by atoms with Gasteiger partial charge >= 0.3 is 13.2 Å². The zero-order valence-corrected chi connectivity index (χ0v) is 21.5. The Morgan fingerprint density at radius 2 is 1.74 bits per heavy atom. The van der Waals surface area contributed by atoms with Crippen LogP contribution in [0.15, 0.2) is 29.6 Å². The number of amides is 1. The predicted octanol–water partition coefficient (Wildman–Crippen LogP) is 5.43. The first-order valence-corrected chi connectivity index (χ1v) is 12.2. The van der Waals surface area contributed by atoms with Gasteiger partial charge in [-0.25, -0.2) is 18.6 Å². The molecule has 34 heavy (non-hydrogen) atoms. The van der Waals surface area contributed by atoms with Gasteiger partial charge in [-0.2, -0.15) is 0 Å². The van der Waals surface area contributed by atoms with Gasteiger partial charge in [-0.05, 0) is 53.9 Å². The van der Waals surface area contributed by atoms with Crippen LogP contribution >= 0.6 is 11.3 Å². The van der Waals surface area contributed by atoms with Crippen molar-refractivity contribution in [3.63, 3.8) is 0 Å². The summed E-state index contributed by atoms with van der Waals surface area (Å²) in [5, 5.41) is 2.29. The van der Waals surface area contributed by atoms with Gasteiger partial charge < -0.3 is 14.0 Å². The lowest BCUT2D eigenvalue weighted by Crippen LogP contribution is -2.41. The van der Waals surface area contributed by atoms with E-state index in [0.29, 0.717) is 10.7 Å². The number of carbonyl (C=O) groups excluding carboxylic acids is 1. The highest BCUT2D eigenvalue weighted by molar-refractivity contribution is 7.10. The molecule has 2 aliphatic rings. The van der Waals surface area contributed by atoms with Gasteiger partial charge in [-0.1, -0.05) is 24.3 Å². The minimum atomic E-state index is -2.99.